The van der Waals surface area contributed by atoms with Crippen molar-refractivity contribution >= 4 is 5.82 Å². The Balaban J connectivity index is 1.36. The lowest BCUT2D eigenvalue weighted by Gasteiger charge is -2.33. The smallest absolute Gasteiger partial charge is 0.231 e. The molecule has 1 saturated heterocycles. The zero-order valence-corrected chi connectivity index (χ0v) is 14.6. The van der Waals surface area contributed by atoms with E-state index in [1.807, 2.05) is 18.3 Å². The first kappa shape index (κ1) is 16.2. The second-order valence-corrected chi connectivity index (χ2v) is 6.57. The predicted octanol–water partition coefficient (Wildman–Crippen LogP) is 1.85. The number of hydrogen-bond donors (Lipinski definition) is 1. The number of ether oxygens (including phenoxy) is 2. The van der Waals surface area contributed by atoms with E-state index in [1.165, 1.54) is 5.56 Å². The van der Waals surface area contributed by atoms with E-state index < -0.39 is 0 Å². The molecule has 0 unspecified atom stereocenters. The summed E-state index contributed by atoms with van der Waals surface area (Å²) >= 11 is 0. The van der Waals surface area contributed by atoms with Crippen molar-refractivity contribution in [1.29, 1.82) is 0 Å². The van der Waals surface area contributed by atoms with Crippen LogP contribution < -0.4 is 19.7 Å². The minimum Gasteiger partial charge on any atom is -0.454 e. The average molecular weight is 340 g/mol. The molecule has 1 aromatic heterocycles. The van der Waals surface area contributed by atoms with Gasteiger partial charge in [-0.1, -0.05) is 12.1 Å². The molecule has 25 heavy (non-hydrogen) atoms. The van der Waals surface area contributed by atoms with Gasteiger partial charge in [0.25, 0.3) is 0 Å². The Labute approximate surface area is 148 Å². The van der Waals surface area contributed by atoms with Crippen molar-refractivity contribution in [3.63, 3.8) is 0 Å². The van der Waals surface area contributed by atoms with E-state index in [-0.39, 0.29) is 0 Å². The van der Waals surface area contributed by atoms with Gasteiger partial charge in [-0.05, 0) is 30.8 Å². The summed E-state index contributed by atoms with van der Waals surface area (Å²) < 4.78 is 11.0. The summed E-state index contributed by atoms with van der Waals surface area (Å²) in [5, 5.41) is 3.49. The van der Waals surface area contributed by atoms with Gasteiger partial charge in [0.2, 0.25) is 6.79 Å². The van der Waals surface area contributed by atoms with E-state index in [9.17, 15) is 0 Å². The lowest BCUT2D eigenvalue weighted by molar-refractivity contribution is 0.173. The van der Waals surface area contributed by atoms with E-state index in [4.69, 9.17) is 9.47 Å². The lowest BCUT2D eigenvalue weighted by atomic mass is 10.1. The third-order valence-electron chi connectivity index (χ3n) is 4.76. The molecule has 2 aliphatic heterocycles. The molecular formula is C19H24N4O2. The molecule has 0 bridgehead atoms. The van der Waals surface area contributed by atoms with Crippen molar-refractivity contribution in [1.82, 2.24) is 15.2 Å². The molecule has 6 heteroatoms. The fraction of sp³-hybridized carbons (Fsp3) is 0.421. The highest BCUT2D eigenvalue weighted by Crippen LogP contribution is 2.35. The summed E-state index contributed by atoms with van der Waals surface area (Å²) in [4.78, 5) is 9.26. The average Bonchev–Trinajstić information content (AvgIpc) is 3.12. The zero-order valence-electron chi connectivity index (χ0n) is 14.6. The molecule has 6 nitrogen and oxygen atoms in total. The Hall–Kier alpha value is -2.31. The maximum atomic E-state index is 5.56. The minimum atomic E-state index is 0.311. The summed E-state index contributed by atoms with van der Waals surface area (Å²) in [6.45, 7) is 6.11. The Morgan fingerprint density at radius 3 is 2.84 bits per heavy atom. The van der Waals surface area contributed by atoms with Gasteiger partial charge in [-0.2, -0.15) is 0 Å². The molecule has 0 saturated carbocycles. The van der Waals surface area contributed by atoms with Crippen LogP contribution in [0.1, 0.15) is 11.1 Å². The molecule has 0 spiro atoms. The second-order valence-electron chi connectivity index (χ2n) is 6.57. The topological polar surface area (TPSA) is 49.9 Å². The van der Waals surface area contributed by atoms with Crippen LogP contribution in [0.15, 0.2) is 36.5 Å². The maximum absolute atomic E-state index is 5.56. The zero-order chi connectivity index (χ0) is 17.1. The molecule has 2 aromatic rings. The highest BCUT2D eigenvalue weighted by molar-refractivity contribution is 5.48. The number of para-hydroxylation sites is 1. The van der Waals surface area contributed by atoms with Crippen LogP contribution in [0.5, 0.6) is 11.5 Å². The Morgan fingerprint density at radius 2 is 1.96 bits per heavy atom. The van der Waals surface area contributed by atoms with Crippen molar-refractivity contribution in [3.8, 4) is 11.5 Å². The van der Waals surface area contributed by atoms with Crippen LogP contribution in [-0.2, 0) is 13.1 Å². The van der Waals surface area contributed by atoms with Gasteiger partial charge >= 0.3 is 0 Å². The highest BCUT2D eigenvalue weighted by Gasteiger charge is 2.17. The van der Waals surface area contributed by atoms with Crippen molar-refractivity contribution in [2.24, 2.45) is 0 Å². The minimum absolute atomic E-state index is 0.311. The van der Waals surface area contributed by atoms with Crippen LogP contribution in [0.25, 0.3) is 0 Å². The molecule has 0 aliphatic carbocycles. The van der Waals surface area contributed by atoms with Gasteiger partial charge in [0, 0.05) is 51.0 Å². The molecule has 0 radical (unpaired) electrons. The normalized spacial score (nSPS) is 17.1. The van der Waals surface area contributed by atoms with Gasteiger partial charge in [0.1, 0.15) is 5.82 Å². The monoisotopic (exact) mass is 340 g/mol. The summed E-state index contributed by atoms with van der Waals surface area (Å²) in [6, 6.07) is 10.3. The predicted molar refractivity (Wildman–Crippen MR) is 97.1 cm³/mol. The van der Waals surface area contributed by atoms with Crippen molar-refractivity contribution in [2.45, 2.75) is 13.1 Å². The summed E-state index contributed by atoms with van der Waals surface area (Å²) in [5.41, 5.74) is 2.37. The second kappa shape index (κ2) is 7.29. The first-order valence-electron chi connectivity index (χ1n) is 8.76. The fourth-order valence-electron chi connectivity index (χ4n) is 3.25. The number of pyridine rings is 1. The standard InChI is InChI=1S/C19H24N4O2/c1-22-7-9-23(10-8-22)18-11-15(5-6-21-18)12-20-13-16-3-2-4-17-19(16)25-14-24-17/h2-6,11,20H,7-10,12-14H2,1H3. The highest BCUT2D eigenvalue weighted by atomic mass is 16.7. The van der Waals surface area contributed by atoms with Gasteiger partial charge in [-0.15, -0.1) is 0 Å². The Kier molecular flexibility index (Phi) is 4.72. The first-order valence-corrected chi connectivity index (χ1v) is 8.76. The third-order valence-corrected chi connectivity index (χ3v) is 4.76. The SMILES string of the molecule is CN1CCN(c2cc(CNCc3cccc4c3OCO4)ccn2)CC1. The number of nitrogens with one attached hydrogen (secondary N) is 1. The number of piperazine rings is 1. The maximum Gasteiger partial charge on any atom is 0.231 e. The molecule has 1 aromatic carbocycles. The van der Waals surface area contributed by atoms with Crippen LogP contribution >= 0.6 is 0 Å². The van der Waals surface area contributed by atoms with E-state index in [0.717, 1.165) is 62.1 Å². The van der Waals surface area contributed by atoms with E-state index in [1.54, 1.807) is 0 Å². The largest absolute Gasteiger partial charge is 0.454 e. The van der Waals surface area contributed by atoms with E-state index in [0.29, 0.717) is 6.79 Å². The number of benzene rings is 1. The summed E-state index contributed by atoms with van der Waals surface area (Å²) in [6.07, 6.45) is 1.90. The van der Waals surface area contributed by atoms with Crippen LogP contribution in [0, 0.1) is 0 Å². The number of fused-ring (bicyclic) bond motifs is 1. The number of rotatable bonds is 5. The molecular weight excluding hydrogens is 316 g/mol. The van der Waals surface area contributed by atoms with Crippen molar-refractivity contribution in [3.05, 3.63) is 47.7 Å². The molecule has 3 heterocycles. The van der Waals surface area contributed by atoms with Gasteiger partial charge in [-0.3, -0.25) is 0 Å². The van der Waals surface area contributed by atoms with Crippen molar-refractivity contribution < 1.29 is 9.47 Å². The van der Waals surface area contributed by atoms with Crippen LogP contribution in [0.3, 0.4) is 0 Å². The van der Waals surface area contributed by atoms with Crippen LogP contribution in [0.4, 0.5) is 5.82 Å². The van der Waals surface area contributed by atoms with Gasteiger partial charge in [0.05, 0.1) is 0 Å². The van der Waals surface area contributed by atoms with Crippen LogP contribution in [-0.4, -0.2) is 49.9 Å². The Bertz CT molecular complexity index is 729. The van der Waals surface area contributed by atoms with Gasteiger partial charge < -0.3 is 24.6 Å². The molecule has 4 rings (SSSR count). The molecule has 0 amide bonds. The molecule has 0 atom stereocenters. The Morgan fingerprint density at radius 1 is 1.08 bits per heavy atom. The number of aromatic nitrogens is 1. The van der Waals surface area contributed by atoms with E-state index >= 15 is 0 Å². The van der Waals surface area contributed by atoms with Crippen molar-refractivity contribution in [2.75, 3.05) is 44.9 Å². The van der Waals surface area contributed by atoms with Gasteiger partial charge in [0.15, 0.2) is 11.5 Å². The molecule has 1 fully saturated rings. The molecule has 2 aliphatic rings. The molecule has 1 N–H and O–H groups in total. The summed E-state index contributed by atoms with van der Waals surface area (Å²) in [7, 11) is 2.17. The van der Waals surface area contributed by atoms with E-state index in [2.05, 4.69) is 45.3 Å². The molecule has 132 valence electrons. The quantitative estimate of drug-likeness (QED) is 0.896. The number of nitrogens with zero attached hydrogens (tertiary/aromatic N) is 3. The number of anilines is 1. The fourth-order valence-corrected chi connectivity index (χ4v) is 3.25. The third kappa shape index (κ3) is 3.70. The van der Waals surface area contributed by atoms with Crippen LogP contribution in [0.2, 0.25) is 0 Å². The number of hydrogen-bond acceptors (Lipinski definition) is 6. The first-order chi connectivity index (χ1) is 12.3. The van der Waals surface area contributed by atoms with Gasteiger partial charge in [-0.25, -0.2) is 4.98 Å². The summed E-state index contributed by atoms with van der Waals surface area (Å²) in [5.74, 6) is 2.77. The number of likely N-dealkylation sites (N-methyl/N-ethyl adjacent to an activating group) is 1. The lowest BCUT2D eigenvalue weighted by Crippen LogP contribution is -2.44.